The van der Waals surface area contributed by atoms with Crippen LogP contribution in [0.1, 0.15) is 11.1 Å². The lowest BCUT2D eigenvalue weighted by Gasteiger charge is -2.10. The molecule has 0 amide bonds. The van der Waals surface area contributed by atoms with Gasteiger partial charge in [0, 0.05) is 4.47 Å². The van der Waals surface area contributed by atoms with E-state index in [-0.39, 0.29) is 5.75 Å². The minimum absolute atomic E-state index is 0.186. The van der Waals surface area contributed by atoms with Gasteiger partial charge < -0.3 is 5.73 Å². The van der Waals surface area contributed by atoms with Crippen molar-refractivity contribution in [1.29, 1.82) is 5.26 Å². The molecule has 0 bridgehead atoms. The zero-order valence-corrected chi connectivity index (χ0v) is 13.3. The van der Waals surface area contributed by atoms with Crippen LogP contribution in [0.5, 0.6) is 0 Å². The van der Waals surface area contributed by atoms with Crippen molar-refractivity contribution in [2.24, 2.45) is 0 Å². The Morgan fingerprint density at radius 2 is 1.86 bits per heavy atom. The smallest absolute Gasteiger partial charge is 0.236 e. The van der Waals surface area contributed by atoms with Gasteiger partial charge in [0.1, 0.15) is 0 Å². The molecule has 2 rings (SSSR count). The molecule has 21 heavy (non-hydrogen) atoms. The normalized spacial score (nSPS) is 10.9. The number of sulfonamides is 1. The lowest BCUT2D eigenvalue weighted by molar-refractivity contribution is 0.600. The highest BCUT2D eigenvalue weighted by Gasteiger charge is 2.13. The third-order valence-electron chi connectivity index (χ3n) is 2.72. The van der Waals surface area contributed by atoms with Crippen LogP contribution >= 0.6 is 15.9 Å². The number of nitrogens with zero attached hydrogens (tertiary/aromatic N) is 1. The summed E-state index contributed by atoms with van der Waals surface area (Å²) < 4.78 is 27.5. The van der Waals surface area contributed by atoms with E-state index in [1.165, 1.54) is 0 Å². The number of benzene rings is 2. The van der Waals surface area contributed by atoms with Crippen LogP contribution in [0.4, 0.5) is 11.4 Å². The maximum Gasteiger partial charge on any atom is 0.236 e. The van der Waals surface area contributed by atoms with Crippen molar-refractivity contribution < 1.29 is 8.42 Å². The first kappa shape index (κ1) is 15.4. The highest BCUT2D eigenvalue weighted by atomic mass is 79.9. The molecule has 108 valence electrons. The summed E-state index contributed by atoms with van der Waals surface area (Å²) in [5.41, 5.74) is 7.53. The summed E-state index contributed by atoms with van der Waals surface area (Å²) in [6, 6.07) is 13.3. The second-order valence-electron chi connectivity index (χ2n) is 4.40. The Morgan fingerprint density at radius 3 is 2.43 bits per heavy atom. The van der Waals surface area contributed by atoms with Crippen molar-refractivity contribution in [3.05, 3.63) is 58.1 Å². The van der Waals surface area contributed by atoms with E-state index in [4.69, 9.17) is 11.0 Å². The maximum absolute atomic E-state index is 12.1. The molecular formula is C14H12BrN3O2S. The molecule has 0 fully saturated rings. The van der Waals surface area contributed by atoms with Gasteiger partial charge in [0.25, 0.3) is 0 Å². The predicted octanol–water partition coefficient (Wildman–Crippen LogP) is 2.84. The van der Waals surface area contributed by atoms with Crippen molar-refractivity contribution >= 4 is 37.3 Å². The van der Waals surface area contributed by atoms with Gasteiger partial charge >= 0.3 is 0 Å². The van der Waals surface area contributed by atoms with Gasteiger partial charge in [0.2, 0.25) is 10.0 Å². The first-order valence-corrected chi connectivity index (χ1v) is 8.39. The van der Waals surface area contributed by atoms with Crippen LogP contribution in [-0.2, 0) is 15.8 Å². The van der Waals surface area contributed by atoms with Crippen molar-refractivity contribution in [2.45, 2.75) is 5.75 Å². The fourth-order valence-electron chi connectivity index (χ4n) is 1.73. The molecule has 0 unspecified atom stereocenters. The average Bonchev–Trinajstić information content (AvgIpc) is 2.42. The van der Waals surface area contributed by atoms with E-state index in [9.17, 15) is 8.42 Å². The molecule has 2 aromatic carbocycles. The molecule has 0 saturated heterocycles. The van der Waals surface area contributed by atoms with Gasteiger partial charge in [0.15, 0.2) is 0 Å². The van der Waals surface area contributed by atoms with Crippen molar-refractivity contribution in [2.75, 3.05) is 10.5 Å². The molecule has 0 aromatic heterocycles. The van der Waals surface area contributed by atoms with Crippen LogP contribution < -0.4 is 10.5 Å². The number of anilines is 2. The van der Waals surface area contributed by atoms with Gasteiger partial charge in [-0.25, -0.2) is 8.42 Å². The number of hydrogen-bond donors (Lipinski definition) is 2. The van der Waals surface area contributed by atoms with E-state index in [1.54, 1.807) is 42.5 Å². The lowest BCUT2D eigenvalue weighted by Crippen LogP contribution is -2.16. The Kier molecular flexibility index (Phi) is 4.50. The summed E-state index contributed by atoms with van der Waals surface area (Å²) in [5, 5.41) is 8.71. The van der Waals surface area contributed by atoms with Crippen LogP contribution in [0.25, 0.3) is 0 Å². The Hall–Kier alpha value is -2.04. The fourth-order valence-corrected chi connectivity index (χ4v) is 3.33. The van der Waals surface area contributed by atoms with Gasteiger partial charge in [-0.2, -0.15) is 5.26 Å². The summed E-state index contributed by atoms with van der Waals surface area (Å²) in [4.78, 5) is 0. The van der Waals surface area contributed by atoms with Gasteiger partial charge in [-0.3, -0.25) is 4.72 Å². The SMILES string of the molecule is N#Cc1ccc(CS(=O)(=O)Nc2ccc(Br)cc2N)cc1. The fraction of sp³-hybridized carbons (Fsp3) is 0.0714. The molecule has 3 N–H and O–H groups in total. The Labute approximate surface area is 131 Å². The standard InChI is InChI=1S/C14H12BrN3O2S/c15-12-5-6-14(13(17)7-12)18-21(19,20)9-11-3-1-10(8-16)2-4-11/h1-7,18H,9,17H2. The zero-order valence-electron chi connectivity index (χ0n) is 10.9. The number of nitrogen functional groups attached to an aromatic ring is 1. The van der Waals surface area contributed by atoms with Crippen molar-refractivity contribution in [3.8, 4) is 6.07 Å². The number of nitrogens with one attached hydrogen (secondary N) is 1. The predicted molar refractivity (Wildman–Crippen MR) is 86.0 cm³/mol. The van der Waals surface area contributed by atoms with E-state index < -0.39 is 10.0 Å². The first-order chi connectivity index (χ1) is 9.89. The van der Waals surface area contributed by atoms with Gasteiger partial charge in [-0.15, -0.1) is 0 Å². The number of nitrogens with two attached hydrogens (primary N) is 1. The van der Waals surface area contributed by atoms with E-state index in [0.717, 1.165) is 4.47 Å². The molecule has 0 spiro atoms. The third kappa shape index (κ3) is 4.21. The molecule has 2 aromatic rings. The van der Waals surface area contributed by atoms with E-state index >= 15 is 0 Å². The minimum atomic E-state index is -3.57. The quantitative estimate of drug-likeness (QED) is 0.814. The van der Waals surface area contributed by atoms with Crippen molar-refractivity contribution in [1.82, 2.24) is 0 Å². The molecule has 7 heteroatoms. The largest absolute Gasteiger partial charge is 0.397 e. The summed E-state index contributed by atoms with van der Waals surface area (Å²) in [6.07, 6.45) is 0. The molecule has 0 aliphatic rings. The van der Waals surface area contributed by atoms with Gasteiger partial charge in [-0.05, 0) is 35.9 Å². The second kappa shape index (κ2) is 6.16. The highest BCUT2D eigenvalue weighted by molar-refractivity contribution is 9.10. The van der Waals surface area contributed by atoms with Crippen LogP contribution in [0.15, 0.2) is 46.9 Å². The number of rotatable bonds is 4. The van der Waals surface area contributed by atoms with E-state index in [0.29, 0.717) is 22.5 Å². The van der Waals surface area contributed by atoms with Crippen LogP contribution in [0, 0.1) is 11.3 Å². The highest BCUT2D eigenvalue weighted by Crippen LogP contribution is 2.24. The number of nitriles is 1. The first-order valence-electron chi connectivity index (χ1n) is 5.94. The monoisotopic (exact) mass is 365 g/mol. The summed E-state index contributed by atoms with van der Waals surface area (Å²) in [6.45, 7) is 0. The van der Waals surface area contributed by atoms with Gasteiger partial charge in [-0.1, -0.05) is 28.1 Å². The van der Waals surface area contributed by atoms with Crippen LogP contribution in [-0.4, -0.2) is 8.42 Å². The van der Waals surface area contributed by atoms with Crippen LogP contribution in [0.3, 0.4) is 0 Å². The summed E-state index contributed by atoms with van der Waals surface area (Å²) in [5.74, 6) is -0.186. The third-order valence-corrected chi connectivity index (χ3v) is 4.46. The average molecular weight is 366 g/mol. The number of halogens is 1. The Bertz CT molecular complexity index is 796. The molecule has 0 heterocycles. The Balaban J connectivity index is 2.16. The molecule has 5 nitrogen and oxygen atoms in total. The van der Waals surface area contributed by atoms with Gasteiger partial charge in [0.05, 0.1) is 28.8 Å². The zero-order chi connectivity index (χ0) is 15.5. The maximum atomic E-state index is 12.1. The van der Waals surface area contributed by atoms with Crippen molar-refractivity contribution in [3.63, 3.8) is 0 Å². The Morgan fingerprint density at radius 1 is 1.19 bits per heavy atom. The molecule has 0 radical (unpaired) electrons. The summed E-state index contributed by atoms with van der Waals surface area (Å²) >= 11 is 3.26. The van der Waals surface area contributed by atoms with E-state index in [2.05, 4.69) is 20.7 Å². The molecule has 0 saturated carbocycles. The lowest BCUT2D eigenvalue weighted by atomic mass is 10.2. The molecule has 0 aliphatic heterocycles. The van der Waals surface area contributed by atoms with E-state index in [1.807, 2.05) is 6.07 Å². The second-order valence-corrected chi connectivity index (χ2v) is 7.04. The number of hydrogen-bond acceptors (Lipinski definition) is 4. The minimum Gasteiger partial charge on any atom is -0.397 e. The molecular weight excluding hydrogens is 354 g/mol. The molecule has 0 aliphatic carbocycles. The molecule has 0 atom stereocenters. The topological polar surface area (TPSA) is 96.0 Å². The summed E-state index contributed by atoms with van der Waals surface area (Å²) in [7, 11) is -3.57. The van der Waals surface area contributed by atoms with Crippen LogP contribution in [0.2, 0.25) is 0 Å².